The van der Waals surface area contributed by atoms with Crippen molar-refractivity contribution in [1.82, 2.24) is 15.0 Å². The quantitative estimate of drug-likeness (QED) is 0.162. The molecule has 0 bridgehead atoms. The van der Waals surface area contributed by atoms with E-state index in [1.54, 1.807) is 69.6 Å². The molecule has 0 aliphatic carbocycles. The maximum absolute atomic E-state index is 12.9. The summed E-state index contributed by atoms with van der Waals surface area (Å²) in [5.74, 6) is -1.34. The van der Waals surface area contributed by atoms with Crippen molar-refractivity contribution in [2.45, 2.75) is 20.8 Å². The van der Waals surface area contributed by atoms with E-state index in [1.165, 1.54) is 22.7 Å². The summed E-state index contributed by atoms with van der Waals surface area (Å²) in [5.41, 5.74) is 2.12. The summed E-state index contributed by atoms with van der Waals surface area (Å²) < 4.78 is 17.1. The van der Waals surface area contributed by atoms with Crippen LogP contribution in [0.5, 0.6) is 0 Å². The lowest BCUT2D eigenvalue weighted by atomic mass is 10.1. The summed E-state index contributed by atoms with van der Waals surface area (Å²) in [6, 6.07) is 10.4. The average molecular weight is 562 g/mol. The lowest BCUT2D eigenvalue weighted by Crippen LogP contribution is -2.06. The third-order valence-electron chi connectivity index (χ3n) is 5.64. The van der Waals surface area contributed by atoms with Crippen molar-refractivity contribution in [3.05, 3.63) is 64.1 Å². The lowest BCUT2D eigenvalue weighted by molar-refractivity contribution is 0.0518. The van der Waals surface area contributed by atoms with Gasteiger partial charge in [-0.15, -0.1) is 22.7 Å². The Hall–Kier alpha value is -4.22. The topological polar surface area (TPSA) is 118 Å². The van der Waals surface area contributed by atoms with Gasteiger partial charge in [-0.05, 0) is 67.9 Å². The summed E-state index contributed by atoms with van der Waals surface area (Å²) in [5, 5.41) is 1.60. The highest BCUT2D eigenvalue weighted by Gasteiger charge is 2.21. The predicted molar refractivity (Wildman–Crippen MR) is 149 cm³/mol. The fraction of sp³-hybridized carbons (Fsp3) is 0.214. The van der Waals surface area contributed by atoms with Crippen LogP contribution in [0, 0.1) is 0 Å². The van der Waals surface area contributed by atoms with E-state index in [9.17, 15) is 14.4 Å². The van der Waals surface area contributed by atoms with Gasteiger partial charge in [0.1, 0.15) is 21.1 Å². The van der Waals surface area contributed by atoms with Crippen LogP contribution in [0.3, 0.4) is 0 Å². The van der Waals surface area contributed by atoms with Gasteiger partial charge in [0, 0.05) is 12.4 Å². The fourth-order valence-electron chi connectivity index (χ4n) is 4.01. The summed E-state index contributed by atoms with van der Waals surface area (Å²) in [6.07, 6.45) is 3.25. The van der Waals surface area contributed by atoms with Gasteiger partial charge >= 0.3 is 17.9 Å². The minimum Gasteiger partial charge on any atom is -0.462 e. The standard InChI is InChI=1S/C28H23N3O6S2/c1-4-35-26(32)17-11-18(22-24-15(7-9-29-22)13-20(38-24)27(33)36-5-2)31-19(12-17)23-25-16(8-10-30-23)14-21(39-25)28(34)37-6-3/h7-14H,4-6H2,1-3H3. The molecular formula is C28H23N3O6S2. The van der Waals surface area contributed by atoms with Crippen LogP contribution in [-0.2, 0) is 14.2 Å². The van der Waals surface area contributed by atoms with E-state index in [2.05, 4.69) is 9.97 Å². The number of rotatable bonds is 8. The Labute approximate surface area is 231 Å². The Bertz CT molecular complexity index is 1610. The molecule has 0 spiro atoms. The van der Waals surface area contributed by atoms with Crippen LogP contribution in [0.4, 0.5) is 0 Å². The number of aromatic nitrogens is 3. The molecule has 5 rings (SSSR count). The summed E-state index contributed by atoms with van der Waals surface area (Å²) >= 11 is 2.50. The molecule has 0 aliphatic rings. The van der Waals surface area contributed by atoms with Gasteiger partial charge in [-0.3, -0.25) is 9.97 Å². The molecule has 0 amide bonds. The van der Waals surface area contributed by atoms with Crippen LogP contribution in [-0.4, -0.2) is 52.7 Å². The molecule has 0 aromatic carbocycles. The Morgan fingerprint density at radius 2 is 1.10 bits per heavy atom. The van der Waals surface area contributed by atoms with E-state index in [1.807, 2.05) is 0 Å². The second-order valence-electron chi connectivity index (χ2n) is 8.16. The molecule has 0 aliphatic heterocycles. The number of fused-ring (bicyclic) bond motifs is 2. The monoisotopic (exact) mass is 561 g/mol. The van der Waals surface area contributed by atoms with E-state index < -0.39 is 17.9 Å². The Morgan fingerprint density at radius 3 is 1.54 bits per heavy atom. The molecule has 5 aromatic heterocycles. The molecule has 5 heterocycles. The van der Waals surface area contributed by atoms with E-state index in [4.69, 9.17) is 19.2 Å². The van der Waals surface area contributed by atoms with Crippen molar-refractivity contribution in [2.75, 3.05) is 19.8 Å². The van der Waals surface area contributed by atoms with Gasteiger partial charge in [0.2, 0.25) is 0 Å². The van der Waals surface area contributed by atoms with Gasteiger partial charge in [-0.25, -0.2) is 19.4 Å². The fourth-order valence-corrected chi connectivity index (χ4v) is 6.10. The first-order chi connectivity index (χ1) is 18.9. The van der Waals surface area contributed by atoms with Crippen LogP contribution in [0.2, 0.25) is 0 Å². The number of esters is 3. The smallest absolute Gasteiger partial charge is 0.348 e. The summed E-state index contributed by atoms with van der Waals surface area (Å²) in [7, 11) is 0. The minimum atomic E-state index is -0.515. The van der Waals surface area contributed by atoms with Crippen LogP contribution < -0.4 is 0 Å². The zero-order valence-corrected chi connectivity index (χ0v) is 23.0. The molecular weight excluding hydrogens is 538 g/mol. The maximum atomic E-state index is 12.9. The molecule has 0 N–H and O–H groups in total. The van der Waals surface area contributed by atoms with Crippen LogP contribution in [0.1, 0.15) is 50.5 Å². The van der Waals surface area contributed by atoms with Crippen LogP contribution >= 0.6 is 22.7 Å². The number of nitrogens with zero attached hydrogens (tertiary/aromatic N) is 3. The van der Waals surface area contributed by atoms with Gasteiger partial charge < -0.3 is 14.2 Å². The number of pyridine rings is 3. The first kappa shape index (κ1) is 26.4. The Balaban J connectivity index is 1.69. The molecule has 0 saturated heterocycles. The number of carbonyl (C=O) groups excluding carboxylic acids is 3. The molecule has 5 aromatic rings. The van der Waals surface area contributed by atoms with Gasteiger partial charge in [-0.1, -0.05) is 0 Å². The molecule has 0 saturated carbocycles. The highest BCUT2D eigenvalue weighted by atomic mass is 32.1. The van der Waals surface area contributed by atoms with Crippen molar-refractivity contribution in [3.8, 4) is 22.8 Å². The van der Waals surface area contributed by atoms with Crippen molar-refractivity contribution in [3.63, 3.8) is 0 Å². The molecule has 0 atom stereocenters. The highest BCUT2D eigenvalue weighted by Crippen LogP contribution is 2.37. The molecule has 0 unspecified atom stereocenters. The number of hydrogen-bond donors (Lipinski definition) is 0. The molecule has 198 valence electrons. The van der Waals surface area contributed by atoms with Crippen molar-refractivity contribution in [2.24, 2.45) is 0 Å². The number of ether oxygens (including phenoxy) is 3. The number of thiophene rings is 2. The molecule has 9 nitrogen and oxygen atoms in total. The highest BCUT2D eigenvalue weighted by molar-refractivity contribution is 7.21. The van der Waals surface area contributed by atoms with E-state index in [0.717, 1.165) is 20.2 Å². The second kappa shape index (κ2) is 11.3. The van der Waals surface area contributed by atoms with Crippen LogP contribution in [0.15, 0.2) is 48.8 Å². The molecule has 39 heavy (non-hydrogen) atoms. The third-order valence-corrected chi connectivity index (χ3v) is 7.92. The largest absolute Gasteiger partial charge is 0.462 e. The maximum Gasteiger partial charge on any atom is 0.348 e. The first-order valence-corrected chi connectivity index (χ1v) is 13.9. The molecule has 0 fully saturated rings. The van der Waals surface area contributed by atoms with Crippen molar-refractivity contribution >= 4 is 60.8 Å². The zero-order chi connectivity index (χ0) is 27.5. The van der Waals surface area contributed by atoms with Gasteiger partial charge in [0.15, 0.2) is 0 Å². The number of hydrogen-bond acceptors (Lipinski definition) is 11. The Kier molecular flexibility index (Phi) is 7.62. The first-order valence-electron chi connectivity index (χ1n) is 12.2. The van der Waals surface area contributed by atoms with Gasteiger partial charge in [0.05, 0.1) is 46.2 Å². The normalized spacial score (nSPS) is 11.1. The SMILES string of the molecule is CCOC(=O)c1cc(-c2nccc3cc(C(=O)OCC)sc23)nc(-c2nccc3cc(C(=O)OCC)sc23)c1. The Morgan fingerprint density at radius 1 is 0.667 bits per heavy atom. The van der Waals surface area contributed by atoms with Crippen LogP contribution in [0.25, 0.3) is 42.9 Å². The zero-order valence-electron chi connectivity index (χ0n) is 21.3. The lowest BCUT2D eigenvalue weighted by Gasteiger charge is -2.10. The predicted octanol–water partition coefficient (Wildman–Crippen LogP) is 6.17. The average Bonchev–Trinajstić information content (AvgIpc) is 3.58. The van der Waals surface area contributed by atoms with E-state index in [0.29, 0.717) is 32.5 Å². The van der Waals surface area contributed by atoms with Gasteiger partial charge in [-0.2, -0.15) is 0 Å². The molecule has 11 heteroatoms. The minimum absolute atomic E-state index is 0.204. The van der Waals surface area contributed by atoms with Crippen molar-refractivity contribution < 1.29 is 28.6 Å². The van der Waals surface area contributed by atoms with E-state index in [-0.39, 0.29) is 25.4 Å². The summed E-state index contributed by atoms with van der Waals surface area (Å²) in [6.45, 7) is 5.98. The summed E-state index contributed by atoms with van der Waals surface area (Å²) in [4.78, 5) is 52.5. The van der Waals surface area contributed by atoms with E-state index >= 15 is 0 Å². The number of carbonyl (C=O) groups is 3. The van der Waals surface area contributed by atoms with Crippen molar-refractivity contribution in [1.29, 1.82) is 0 Å². The molecule has 0 radical (unpaired) electrons. The third kappa shape index (κ3) is 5.23. The van der Waals surface area contributed by atoms with Gasteiger partial charge in [0.25, 0.3) is 0 Å². The second-order valence-corrected chi connectivity index (χ2v) is 10.3.